The van der Waals surface area contributed by atoms with Gasteiger partial charge in [0.25, 0.3) is 0 Å². The molecule has 1 atom stereocenters. The first-order chi connectivity index (χ1) is 9.47. The molecule has 0 spiro atoms. The number of aryl methyl sites for hydroxylation is 1. The van der Waals surface area contributed by atoms with Crippen molar-refractivity contribution < 1.29 is 0 Å². The van der Waals surface area contributed by atoms with Crippen molar-refractivity contribution in [3.05, 3.63) is 35.4 Å². The van der Waals surface area contributed by atoms with Crippen LogP contribution in [0.2, 0.25) is 0 Å². The molecule has 0 amide bonds. The third kappa shape index (κ3) is 7.66. The highest BCUT2D eigenvalue weighted by Gasteiger charge is 2.04. The van der Waals surface area contributed by atoms with Gasteiger partial charge in [0, 0.05) is 25.7 Å². The van der Waals surface area contributed by atoms with Crippen LogP contribution in [0.3, 0.4) is 0 Å². The van der Waals surface area contributed by atoms with Gasteiger partial charge in [0.05, 0.1) is 0 Å². The van der Waals surface area contributed by atoms with E-state index in [-0.39, 0.29) is 0 Å². The molecule has 0 fully saturated rings. The molecule has 0 bridgehead atoms. The summed E-state index contributed by atoms with van der Waals surface area (Å²) in [6.07, 6.45) is 2.59. The molecular formula is C18H32N2. The normalized spacial score (nSPS) is 13.2. The molecule has 1 aromatic rings. The van der Waals surface area contributed by atoms with E-state index in [1.54, 1.807) is 0 Å². The second-order valence-electron chi connectivity index (χ2n) is 6.55. The lowest BCUT2D eigenvalue weighted by atomic mass is 10.0. The Morgan fingerprint density at radius 1 is 1.15 bits per heavy atom. The SMILES string of the molecule is Cc1cccc(CN(C)CCNC(C)CCC(C)C)c1. The predicted molar refractivity (Wildman–Crippen MR) is 89.0 cm³/mol. The van der Waals surface area contributed by atoms with Crippen LogP contribution in [-0.4, -0.2) is 31.1 Å². The zero-order valence-corrected chi connectivity index (χ0v) is 13.9. The van der Waals surface area contributed by atoms with Crippen molar-refractivity contribution >= 4 is 0 Å². The van der Waals surface area contributed by atoms with Gasteiger partial charge in [-0.15, -0.1) is 0 Å². The lowest BCUT2D eigenvalue weighted by Crippen LogP contribution is -2.34. The van der Waals surface area contributed by atoms with Crippen LogP contribution < -0.4 is 5.32 Å². The standard InChI is InChI=1S/C18H32N2/c1-15(2)9-10-17(4)19-11-12-20(5)14-18-8-6-7-16(3)13-18/h6-8,13,15,17,19H,9-12,14H2,1-5H3. The van der Waals surface area contributed by atoms with Gasteiger partial charge in [0.15, 0.2) is 0 Å². The van der Waals surface area contributed by atoms with Gasteiger partial charge in [-0.05, 0) is 45.2 Å². The smallest absolute Gasteiger partial charge is 0.0231 e. The maximum absolute atomic E-state index is 3.62. The molecule has 1 aromatic carbocycles. The molecule has 0 aliphatic rings. The molecule has 2 heteroatoms. The summed E-state index contributed by atoms with van der Waals surface area (Å²) in [5.74, 6) is 0.809. The molecule has 1 N–H and O–H groups in total. The molecule has 1 rings (SSSR count). The first-order valence-corrected chi connectivity index (χ1v) is 7.95. The van der Waals surface area contributed by atoms with Gasteiger partial charge in [0.2, 0.25) is 0 Å². The lowest BCUT2D eigenvalue weighted by molar-refractivity contribution is 0.314. The van der Waals surface area contributed by atoms with Gasteiger partial charge in [-0.2, -0.15) is 0 Å². The number of hydrogen-bond donors (Lipinski definition) is 1. The molecular weight excluding hydrogens is 244 g/mol. The van der Waals surface area contributed by atoms with Gasteiger partial charge in [-0.25, -0.2) is 0 Å². The molecule has 0 saturated heterocycles. The molecule has 1 unspecified atom stereocenters. The number of benzene rings is 1. The minimum Gasteiger partial charge on any atom is -0.313 e. The van der Waals surface area contributed by atoms with Crippen LogP contribution in [0.15, 0.2) is 24.3 Å². The van der Waals surface area contributed by atoms with Crippen LogP contribution in [0.4, 0.5) is 0 Å². The minimum atomic E-state index is 0.629. The Morgan fingerprint density at radius 2 is 1.90 bits per heavy atom. The lowest BCUT2D eigenvalue weighted by Gasteiger charge is -2.20. The predicted octanol–water partition coefficient (Wildman–Crippen LogP) is 3.84. The van der Waals surface area contributed by atoms with Crippen LogP contribution in [0.1, 0.15) is 44.7 Å². The van der Waals surface area contributed by atoms with E-state index < -0.39 is 0 Å². The third-order valence-electron chi connectivity index (χ3n) is 3.70. The second kappa shape index (κ2) is 9.15. The molecule has 114 valence electrons. The van der Waals surface area contributed by atoms with E-state index in [1.165, 1.54) is 24.0 Å². The van der Waals surface area contributed by atoms with E-state index in [2.05, 4.69) is 69.2 Å². The fourth-order valence-corrected chi connectivity index (χ4v) is 2.39. The summed E-state index contributed by atoms with van der Waals surface area (Å²) in [5.41, 5.74) is 2.75. The number of nitrogens with zero attached hydrogens (tertiary/aromatic N) is 1. The molecule has 0 saturated carbocycles. The van der Waals surface area contributed by atoms with Gasteiger partial charge < -0.3 is 10.2 Å². The topological polar surface area (TPSA) is 15.3 Å². The van der Waals surface area contributed by atoms with Gasteiger partial charge >= 0.3 is 0 Å². The Balaban J connectivity index is 2.18. The van der Waals surface area contributed by atoms with Gasteiger partial charge in [0.1, 0.15) is 0 Å². The van der Waals surface area contributed by atoms with Crippen molar-refractivity contribution in [2.45, 2.75) is 53.1 Å². The summed E-state index contributed by atoms with van der Waals surface area (Å²) in [6, 6.07) is 9.41. The maximum atomic E-state index is 3.62. The molecule has 20 heavy (non-hydrogen) atoms. The molecule has 2 nitrogen and oxygen atoms in total. The van der Waals surface area contributed by atoms with Crippen molar-refractivity contribution in [3.8, 4) is 0 Å². The summed E-state index contributed by atoms with van der Waals surface area (Å²) in [5, 5.41) is 3.62. The first-order valence-electron chi connectivity index (χ1n) is 7.95. The summed E-state index contributed by atoms with van der Waals surface area (Å²) in [7, 11) is 2.20. The summed E-state index contributed by atoms with van der Waals surface area (Å²) in [6.45, 7) is 12.2. The quantitative estimate of drug-likeness (QED) is 0.737. The van der Waals surface area contributed by atoms with Crippen LogP contribution in [0.25, 0.3) is 0 Å². The Kier molecular flexibility index (Phi) is 7.86. The number of likely N-dealkylation sites (N-methyl/N-ethyl adjacent to an activating group) is 1. The zero-order valence-electron chi connectivity index (χ0n) is 13.9. The van der Waals surface area contributed by atoms with Crippen molar-refractivity contribution in [3.63, 3.8) is 0 Å². The van der Waals surface area contributed by atoms with Gasteiger partial charge in [-0.3, -0.25) is 0 Å². The summed E-state index contributed by atoms with van der Waals surface area (Å²) >= 11 is 0. The molecule has 0 radical (unpaired) electrons. The largest absolute Gasteiger partial charge is 0.313 e. The molecule has 0 aliphatic heterocycles. The van der Waals surface area contributed by atoms with Crippen molar-refractivity contribution in [1.82, 2.24) is 10.2 Å². The van der Waals surface area contributed by atoms with Crippen LogP contribution in [-0.2, 0) is 6.54 Å². The Morgan fingerprint density at radius 3 is 2.55 bits per heavy atom. The number of hydrogen-bond acceptors (Lipinski definition) is 2. The Labute approximate surface area is 125 Å². The first kappa shape index (κ1) is 17.2. The summed E-state index contributed by atoms with van der Waals surface area (Å²) in [4.78, 5) is 2.39. The second-order valence-corrected chi connectivity index (χ2v) is 6.55. The number of nitrogens with one attached hydrogen (secondary N) is 1. The average molecular weight is 276 g/mol. The third-order valence-corrected chi connectivity index (χ3v) is 3.70. The highest BCUT2D eigenvalue weighted by atomic mass is 15.1. The number of rotatable bonds is 9. The van der Waals surface area contributed by atoms with E-state index >= 15 is 0 Å². The van der Waals surface area contributed by atoms with E-state index in [0.29, 0.717) is 6.04 Å². The van der Waals surface area contributed by atoms with Crippen molar-refractivity contribution in [2.24, 2.45) is 5.92 Å². The summed E-state index contributed by atoms with van der Waals surface area (Å²) < 4.78 is 0. The van der Waals surface area contributed by atoms with Crippen LogP contribution in [0, 0.1) is 12.8 Å². The highest BCUT2D eigenvalue weighted by Crippen LogP contribution is 2.07. The minimum absolute atomic E-state index is 0.629. The van der Waals surface area contributed by atoms with Crippen molar-refractivity contribution in [2.75, 3.05) is 20.1 Å². The maximum Gasteiger partial charge on any atom is 0.0231 e. The monoisotopic (exact) mass is 276 g/mol. The Hall–Kier alpha value is -0.860. The van der Waals surface area contributed by atoms with Gasteiger partial charge in [-0.1, -0.05) is 43.7 Å². The van der Waals surface area contributed by atoms with Crippen LogP contribution >= 0.6 is 0 Å². The fraction of sp³-hybridized carbons (Fsp3) is 0.667. The van der Waals surface area contributed by atoms with E-state index in [4.69, 9.17) is 0 Å². The van der Waals surface area contributed by atoms with E-state index in [1.807, 2.05) is 0 Å². The fourth-order valence-electron chi connectivity index (χ4n) is 2.39. The molecule has 0 aliphatic carbocycles. The average Bonchev–Trinajstić information content (AvgIpc) is 2.36. The van der Waals surface area contributed by atoms with Crippen molar-refractivity contribution in [1.29, 1.82) is 0 Å². The molecule has 0 aromatic heterocycles. The highest BCUT2D eigenvalue weighted by molar-refractivity contribution is 5.21. The van der Waals surface area contributed by atoms with E-state index in [9.17, 15) is 0 Å². The zero-order chi connectivity index (χ0) is 15.0. The Bertz CT molecular complexity index is 373. The van der Waals surface area contributed by atoms with E-state index in [0.717, 1.165) is 25.6 Å². The molecule has 0 heterocycles. The van der Waals surface area contributed by atoms with Crippen LogP contribution in [0.5, 0.6) is 0 Å².